The van der Waals surface area contributed by atoms with E-state index in [4.69, 9.17) is 23.1 Å². The minimum atomic E-state index is -0.654. The molecule has 16 heavy (non-hydrogen) atoms. The topological polar surface area (TPSA) is 94.0 Å². The molecule has 1 aromatic rings. The number of hydrogen-bond acceptors (Lipinski definition) is 4. The van der Waals surface area contributed by atoms with Gasteiger partial charge in [0.25, 0.3) is 0 Å². The zero-order valence-corrected chi connectivity index (χ0v) is 10.0. The fraction of sp³-hybridized carbons (Fsp3) is 0.400. The molecule has 0 aliphatic carbocycles. The molecule has 0 atom stereocenters. The van der Waals surface area contributed by atoms with E-state index in [1.807, 2.05) is 0 Å². The predicted molar refractivity (Wildman–Crippen MR) is 65.1 cm³/mol. The Balaban J connectivity index is 2.71. The van der Waals surface area contributed by atoms with E-state index in [1.165, 1.54) is 0 Å². The number of aromatic nitrogens is 1. The third-order valence-electron chi connectivity index (χ3n) is 2.19. The van der Waals surface area contributed by atoms with E-state index in [0.717, 1.165) is 0 Å². The smallest absolute Gasteiger partial charge is 0.224 e. The van der Waals surface area contributed by atoms with E-state index in [9.17, 15) is 4.79 Å². The number of hydrogen-bond donors (Lipinski definition) is 3. The first-order valence-electron chi connectivity index (χ1n) is 4.78. The van der Waals surface area contributed by atoms with Gasteiger partial charge in [0.2, 0.25) is 5.91 Å². The van der Waals surface area contributed by atoms with E-state index in [2.05, 4.69) is 10.3 Å². The van der Waals surface area contributed by atoms with Gasteiger partial charge in [-0.15, -0.1) is 0 Å². The lowest BCUT2D eigenvalue weighted by atomic mass is 9.93. The van der Waals surface area contributed by atoms with Gasteiger partial charge in [-0.05, 0) is 19.9 Å². The van der Waals surface area contributed by atoms with Crippen molar-refractivity contribution in [2.75, 3.05) is 17.6 Å². The Hall–Kier alpha value is -1.49. The molecule has 0 aliphatic heterocycles. The number of nitrogens with two attached hydrogens (primary N) is 2. The van der Waals surface area contributed by atoms with Crippen LogP contribution >= 0.6 is 11.6 Å². The van der Waals surface area contributed by atoms with Crippen LogP contribution in [0.25, 0.3) is 0 Å². The Morgan fingerprint density at radius 2 is 2.19 bits per heavy atom. The third-order valence-corrected chi connectivity index (χ3v) is 2.39. The summed E-state index contributed by atoms with van der Waals surface area (Å²) >= 11 is 5.74. The standard InChI is InChI=1S/C10H15ClN4O/c1-10(2,9(13)16)5-14-8-4-6(12)3-7(11)15-8/h3-4H,5H2,1-2H3,(H2,13,16)(H3,12,14,15). The summed E-state index contributed by atoms with van der Waals surface area (Å²) in [7, 11) is 0. The first-order chi connectivity index (χ1) is 7.31. The van der Waals surface area contributed by atoms with Crippen LogP contribution in [0.5, 0.6) is 0 Å². The Morgan fingerprint density at radius 3 is 2.69 bits per heavy atom. The molecule has 1 heterocycles. The maximum absolute atomic E-state index is 11.1. The average Bonchev–Trinajstić information content (AvgIpc) is 2.13. The summed E-state index contributed by atoms with van der Waals surface area (Å²) in [5, 5.41) is 3.28. The molecule has 5 nitrogen and oxygen atoms in total. The van der Waals surface area contributed by atoms with Crippen molar-refractivity contribution < 1.29 is 4.79 Å². The van der Waals surface area contributed by atoms with Crippen molar-refractivity contribution in [3.8, 4) is 0 Å². The Kier molecular flexibility index (Phi) is 3.59. The number of nitrogens with one attached hydrogen (secondary N) is 1. The highest BCUT2D eigenvalue weighted by Gasteiger charge is 2.24. The number of carbonyl (C=O) groups is 1. The van der Waals surface area contributed by atoms with Crippen LogP contribution in [0.3, 0.4) is 0 Å². The Bertz CT molecular complexity index is 386. The van der Waals surface area contributed by atoms with E-state index >= 15 is 0 Å². The molecular weight excluding hydrogens is 228 g/mol. The highest BCUT2D eigenvalue weighted by atomic mass is 35.5. The van der Waals surface area contributed by atoms with Gasteiger partial charge >= 0.3 is 0 Å². The molecule has 0 radical (unpaired) electrons. The predicted octanol–water partition coefficient (Wildman–Crippen LogP) is 1.24. The van der Waals surface area contributed by atoms with Gasteiger partial charge < -0.3 is 16.8 Å². The zero-order chi connectivity index (χ0) is 12.3. The highest BCUT2D eigenvalue weighted by Crippen LogP contribution is 2.19. The molecule has 0 saturated carbocycles. The van der Waals surface area contributed by atoms with Crippen molar-refractivity contribution in [2.24, 2.45) is 11.1 Å². The van der Waals surface area contributed by atoms with Gasteiger partial charge in [0.05, 0.1) is 5.41 Å². The molecule has 0 aromatic carbocycles. The van der Waals surface area contributed by atoms with Crippen LogP contribution in [0.4, 0.5) is 11.5 Å². The van der Waals surface area contributed by atoms with Crippen molar-refractivity contribution in [2.45, 2.75) is 13.8 Å². The van der Waals surface area contributed by atoms with Crippen molar-refractivity contribution in [3.05, 3.63) is 17.3 Å². The summed E-state index contributed by atoms with van der Waals surface area (Å²) in [6, 6.07) is 3.19. The average molecular weight is 243 g/mol. The van der Waals surface area contributed by atoms with Crippen LogP contribution in [0, 0.1) is 5.41 Å². The fourth-order valence-corrected chi connectivity index (χ4v) is 1.22. The summed E-state index contributed by atoms with van der Waals surface area (Å²) in [5.41, 5.74) is 10.7. The van der Waals surface area contributed by atoms with Crippen LogP contribution in [-0.4, -0.2) is 17.4 Å². The third kappa shape index (κ3) is 3.27. The summed E-state index contributed by atoms with van der Waals surface area (Å²) in [6.07, 6.45) is 0. The van der Waals surface area contributed by atoms with Gasteiger partial charge in [-0.3, -0.25) is 4.79 Å². The van der Waals surface area contributed by atoms with Crippen molar-refractivity contribution in [1.82, 2.24) is 4.98 Å². The van der Waals surface area contributed by atoms with Gasteiger partial charge in [0, 0.05) is 18.3 Å². The lowest BCUT2D eigenvalue weighted by Crippen LogP contribution is -2.37. The zero-order valence-electron chi connectivity index (χ0n) is 9.25. The van der Waals surface area contributed by atoms with Crippen molar-refractivity contribution in [1.29, 1.82) is 0 Å². The molecule has 0 unspecified atom stereocenters. The lowest BCUT2D eigenvalue weighted by Gasteiger charge is -2.21. The second kappa shape index (κ2) is 4.57. The second-order valence-corrected chi connectivity index (χ2v) is 4.60. The summed E-state index contributed by atoms with van der Waals surface area (Å²) in [6.45, 7) is 3.86. The quantitative estimate of drug-likeness (QED) is 0.693. The molecular formula is C10H15ClN4O. The molecule has 0 spiro atoms. The number of carbonyl (C=O) groups excluding carboxylic acids is 1. The fourth-order valence-electron chi connectivity index (χ4n) is 1.01. The first kappa shape index (κ1) is 12.6. The number of rotatable bonds is 4. The van der Waals surface area contributed by atoms with Gasteiger partial charge in [0.15, 0.2) is 0 Å². The summed E-state index contributed by atoms with van der Waals surface area (Å²) in [4.78, 5) is 15.1. The Labute approximate surface area is 99.2 Å². The summed E-state index contributed by atoms with van der Waals surface area (Å²) in [5.74, 6) is 0.148. The van der Waals surface area contributed by atoms with Crippen LogP contribution in [0.15, 0.2) is 12.1 Å². The largest absolute Gasteiger partial charge is 0.399 e. The monoisotopic (exact) mass is 242 g/mol. The van der Waals surface area contributed by atoms with E-state index in [0.29, 0.717) is 23.2 Å². The number of primary amides is 1. The number of amides is 1. The van der Waals surface area contributed by atoms with Crippen molar-refractivity contribution >= 4 is 29.0 Å². The van der Waals surface area contributed by atoms with Crippen LogP contribution in [0.2, 0.25) is 5.15 Å². The van der Waals surface area contributed by atoms with Gasteiger partial charge in [-0.25, -0.2) is 4.98 Å². The van der Waals surface area contributed by atoms with E-state index in [1.54, 1.807) is 26.0 Å². The maximum atomic E-state index is 11.1. The molecule has 0 saturated heterocycles. The molecule has 0 bridgehead atoms. The molecule has 5 N–H and O–H groups in total. The first-order valence-corrected chi connectivity index (χ1v) is 5.16. The minimum absolute atomic E-state index is 0.305. The van der Waals surface area contributed by atoms with Crippen LogP contribution in [0.1, 0.15) is 13.8 Å². The van der Waals surface area contributed by atoms with Crippen LogP contribution < -0.4 is 16.8 Å². The second-order valence-electron chi connectivity index (χ2n) is 4.21. The highest BCUT2D eigenvalue weighted by molar-refractivity contribution is 6.29. The minimum Gasteiger partial charge on any atom is -0.399 e. The number of pyridine rings is 1. The molecule has 1 rings (SSSR count). The summed E-state index contributed by atoms with van der Waals surface area (Å²) < 4.78 is 0. The van der Waals surface area contributed by atoms with E-state index in [-0.39, 0.29) is 5.91 Å². The molecule has 1 aromatic heterocycles. The van der Waals surface area contributed by atoms with Gasteiger partial charge in [0.1, 0.15) is 11.0 Å². The molecule has 0 aliphatic rings. The normalized spacial score (nSPS) is 11.2. The molecule has 88 valence electrons. The van der Waals surface area contributed by atoms with Gasteiger partial charge in [-0.2, -0.15) is 0 Å². The molecule has 0 fully saturated rings. The molecule has 6 heteroatoms. The van der Waals surface area contributed by atoms with Crippen molar-refractivity contribution in [3.63, 3.8) is 0 Å². The maximum Gasteiger partial charge on any atom is 0.224 e. The number of halogens is 1. The van der Waals surface area contributed by atoms with E-state index < -0.39 is 5.41 Å². The number of nitrogens with zero attached hydrogens (tertiary/aromatic N) is 1. The number of nitrogen functional groups attached to an aromatic ring is 1. The Morgan fingerprint density at radius 1 is 1.56 bits per heavy atom. The van der Waals surface area contributed by atoms with Crippen LogP contribution in [-0.2, 0) is 4.79 Å². The van der Waals surface area contributed by atoms with Gasteiger partial charge in [-0.1, -0.05) is 11.6 Å². The number of anilines is 2. The SMILES string of the molecule is CC(C)(CNc1cc(N)cc(Cl)n1)C(N)=O. The molecule has 1 amide bonds. The lowest BCUT2D eigenvalue weighted by molar-refractivity contribution is -0.125.